The van der Waals surface area contributed by atoms with Crippen LogP contribution >= 0.6 is 0 Å². The van der Waals surface area contributed by atoms with Gasteiger partial charge in [0.05, 0.1) is 6.61 Å². The van der Waals surface area contributed by atoms with E-state index in [-0.39, 0.29) is 6.61 Å². The van der Waals surface area contributed by atoms with Crippen LogP contribution in [0, 0.1) is 0 Å². The van der Waals surface area contributed by atoms with E-state index in [0.717, 1.165) is 30.9 Å². The largest absolute Gasteiger partial charge is 0.494 e. The molecular formula is C16H27NO3. The molecule has 114 valence electrons. The number of rotatable bonds is 10. The zero-order valence-corrected chi connectivity index (χ0v) is 12.8. The molecule has 0 amide bonds. The van der Waals surface area contributed by atoms with Crippen molar-refractivity contribution in [3.8, 4) is 11.5 Å². The minimum Gasteiger partial charge on any atom is -0.494 e. The maximum atomic E-state index is 9.75. The van der Waals surface area contributed by atoms with E-state index in [1.165, 1.54) is 0 Å². The maximum absolute atomic E-state index is 9.75. The minimum atomic E-state index is -0.502. The quantitative estimate of drug-likeness (QED) is 0.647. The average molecular weight is 281 g/mol. The first-order valence-corrected chi connectivity index (χ1v) is 7.39. The van der Waals surface area contributed by atoms with Gasteiger partial charge in [0.1, 0.15) is 24.2 Å². The molecule has 0 heterocycles. The maximum Gasteiger partial charge on any atom is 0.119 e. The van der Waals surface area contributed by atoms with Gasteiger partial charge in [-0.05, 0) is 30.7 Å². The fourth-order valence-electron chi connectivity index (χ4n) is 1.59. The fourth-order valence-corrected chi connectivity index (χ4v) is 1.59. The van der Waals surface area contributed by atoms with E-state index in [1.54, 1.807) is 0 Å². The molecule has 1 atom stereocenters. The topological polar surface area (TPSA) is 50.7 Å². The number of nitrogens with one attached hydrogen (secondary N) is 1. The van der Waals surface area contributed by atoms with Crippen LogP contribution in [0.5, 0.6) is 11.5 Å². The predicted molar refractivity (Wildman–Crippen MR) is 81.5 cm³/mol. The summed E-state index contributed by atoms with van der Waals surface area (Å²) in [6.07, 6.45) is 1.69. The van der Waals surface area contributed by atoms with Crippen LogP contribution in [0.1, 0.15) is 33.6 Å². The van der Waals surface area contributed by atoms with E-state index in [9.17, 15) is 5.11 Å². The van der Waals surface area contributed by atoms with Gasteiger partial charge in [-0.3, -0.25) is 0 Å². The third kappa shape index (κ3) is 7.36. The van der Waals surface area contributed by atoms with E-state index in [0.29, 0.717) is 12.6 Å². The van der Waals surface area contributed by atoms with Crippen LogP contribution in [0.2, 0.25) is 0 Å². The zero-order valence-electron chi connectivity index (χ0n) is 12.8. The van der Waals surface area contributed by atoms with Gasteiger partial charge < -0.3 is 19.9 Å². The van der Waals surface area contributed by atoms with Crippen molar-refractivity contribution in [2.24, 2.45) is 0 Å². The van der Waals surface area contributed by atoms with Crippen molar-refractivity contribution >= 4 is 0 Å². The van der Waals surface area contributed by atoms with E-state index < -0.39 is 6.10 Å². The minimum absolute atomic E-state index is 0.287. The Labute approximate surface area is 122 Å². The van der Waals surface area contributed by atoms with Gasteiger partial charge in [0, 0.05) is 12.6 Å². The summed E-state index contributed by atoms with van der Waals surface area (Å²) in [5, 5.41) is 12.9. The van der Waals surface area contributed by atoms with E-state index in [1.807, 2.05) is 38.1 Å². The summed E-state index contributed by atoms with van der Waals surface area (Å²) < 4.78 is 11.1. The summed E-state index contributed by atoms with van der Waals surface area (Å²) >= 11 is 0. The van der Waals surface area contributed by atoms with E-state index >= 15 is 0 Å². The molecule has 20 heavy (non-hydrogen) atoms. The molecule has 0 aliphatic rings. The van der Waals surface area contributed by atoms with Crippen molar-refractivity contribution in [1.29, 1.82) is 0 Å². The van der Waals surface area contributed by atoms with Gasteiger partial charge in [-0.15, -0.1) is 0 Å². The van der Waals surface area contributed by atoms with Crippen molar-refractivity contribution < 1.29 is 14.6 Å². The van der Waals surface area contributed by atoms with Crippen LogP contribution < -0.4 is 14.8 Å². The molecule has 0 saturated carbocycles. The van der Waals surface area contributed by atoms with Crippen LogP contribution in [0.15, 0.2) is 24.3 Å². The lowest BCUT2D eigenvalue weighted by Crippen LogP contribution is -2.35. The predicted octanol–water partition coefficient (Wildman–Crippen LogP) is 2.60. The summed E-state index contributed by atoms with van der Waals surface area (Å²) in [5.74, 6) is 1.60. The molecule has 0 aliphatic heterocycles. The summed E-state index contributed by atoms with van der Waals surface area (Å²) in [7, 11) is 0. The Bertz CT molecular complexity index is 351. The molecule has 0 aliphatic carbocycles. The third-order valence-corrected chi connectivity index (χ3v) is 2.79. The van der Waals surface area contributed by atoms with Gasteiger partial charge in [0.25, 0.3) is 0 Å². The van der Waals surface area contributed by atoms with Gasteiger partial charge in [-0.2, -0.15) is 0 Å². The lowest BCUT2D eigenvalue weighted by atomic mass is 10.3. The zero-order chi connectivity index (χ0) is 14.8. The highest BCUT2D eigenvalue weighted by atomic mass is 16.5. The molecule has 1 unspecified atom stereocenters. The Morgan fingerprint density at radius 3 is 2.25 bits per heavy atom. The number of benzene rings is 1. The van der Waals surface area contributed by atoms with Crippen LogP contribution in [0.25, 0.3) is 0 Å². The molecule has 1 aromatic carbocycles. The SMILES string of the molecule is CCCCOc1ccc(OCC(O)CNC(C)C)cc1. The molecule has 2 N–H and O–H groups in total. The second-order valence-electron chi connectivity index (χ2n) is 5.20. The molecule has 4 heteroatoms. The van der Waals surface area contributed by atoms with Crippen LogP contribution in [0.3, 0.4) is 0 Å². The molecule has 0 aromatic heterocycles. The lowest BCUT2D eigenvalue weighted by Gasteiger charge is -2.15. The number of hydrogen-bond donors (Lipinski definition) is 2. The summed E-state index contributed by atoms with van der Waals surface area (Å²) in [6.45, 7) is 7.80. The smallest absolute Gasteiger partial charge is 0.119 e. The molecule has 0 bridgehead atoms. The number of aliphatic hydroxyl groups excluding tert-OH is 1. The van der Waals surface area contributed by atoms with Gasteiger partial charge in [0.2, 0.25) is 0 Å². The summed E-state index contributed by atoms with van der Waals surface area (Å²) in [6, 6.07) is 7.88. The number of ether oxygens (including phenoxy) is 2. The molecule has 0 spiro atoms. The monoisotopic (exact) mass is 281 g/mol. The molecule has 0 saturated heterocycles. The van der Waals surface area contributed by atoms with Crippen molar-refractivity contribution in [2.45, 2.75) is 45.8 Å². The van der Waals surface area contributed by atoms with E-state index in [4.69, 9.17) is 9.47 Å². The van der Waals surface area contributed by atoms with Gasteiger partial charge in [0.15, 0.2) is 0 Å². The van der Waals surface area contributed by atoms with Crippen molar-refractivity contribution in [3.63, 3.8) is 0 Å². The van der Waals surface area contributed by atoms with Gasteiger partial charge in [-0.1, -0.05) is 27.2 Å². The van der Waals surface area contributed by atoms with Crippen molar-refractivity contribution in [2.75, 3.05) is 19.8 Å². The molecule has 1 rings (SSSR count). The second kappa shape index (κ2) is 9.61. The van der Waals surface area contributed by atoms with Gasteiger partial charge >= 0.3 is 0 Å². The van der Waals surface area contributed by atoms with Crippen LogP contribution in [0.4, 0.5) is 0 Å². The highest BCUT2D eigenvalue weighted by Gasteiger charge is 2.06. The summed E-state index contributed by atoms with van der Waals surface area (Å²) in [5.41, 5.74) is 0. The first kappa shape index (κ1) is 16.8. The molecule has 0 fully saturated rings. The highest BCUT2D eigenvalue weighted by molar-refractivity contribution is 5.31. The van der Waals surface area contributed by atoms with Crippen LogP contribution in [-0.4, -0.2) is 37.0 Å². The normalized spacial score (nSPS) is 12.4. The number of unbranched alkanes of at least 4 members (excludes halogenated alkanes) is 1. The number of hydrogen-bond acceptors (Lipinski definition) is 4. The Morgan fingerprint density at radius 2 is 1.70 bits per heavy atom. The Balaban J connectivity index is 2.27. The average Bonchev–Trinajstić information content (AvgIpc) is 2.44. The first-order chi connectivity index (χ1) is 9.61. The Kier molecular flexibility index (Phi) is 8.07. The standard InChI is InChI=1S/C16H27NO3/c1-4-5-10-19-15-6-8-16(9-7-15)20-12-14(18)11-17-13(2)3/h6-9,13-14,17-18H,4-5,10-12H2,1-3H3. The Morgan fingerprint density at radius 1 is 1.10 bits per heavy atom. The third-order valence-electron chi connectivity index (χ3n) is 2.79. The second-order valence-corrected chi connectivity index (χ2v) is 5.20. The molecule has 4 nitrogen and oxygen atoms in total. The molecule has 0 radical (unpaired) electrons. The van der Waals surface area contributed by atoms with Gasteiger partial charge in [-0.25, -0.2) is 0 Å². The lowest BCUT2D eigenvalue weighted by molar-refractivity contribution is 0.104. The van der Waals surface area contributed by atoms with Crippen molar-refractivity contribution in [1.82, 2.24) is 5.32 Å². The van der Waals surface area contributed by atoms with Crippen LogP contribution in [-0.2, 0) is 0 Å². The first-order valence-electron chi connectivity index (χ1n) is 7.39. The highest BCUT2D eigenvalue weighted by Crippen LogP contribution is 2.18. The molecular weight excluding hydrogens is 254 g/mol. The molecule has 1 aromatic rings. The number of aliphatic hydroxyl groups is 1. The fraction of sp³-hybridized carbons (Fsp3) is 0.625. The van der Waals surface area contributed by atoms with E-state index in [2.05, 4.69) is 12.2 Å². The Hall–Kier alpha value is -1.26. The summed E-state index contributed by atoms with van der Waals surface area (Å²) in [4.78, 5) is 0. The van der Waals surface area contributed by atoms with Crippen molar-refractivity contribution in [3.05, 3.63) is 24.3 Å².